The summed E-state index contributed by atoms with van der Waals surface area (Å²) in [4.78, 5) is 40.1. The summed E-state index contributed by atoms with van der Waals surface area (Å²) in [5.41, 5.74) is 1.68. The van der Waals surface area contributed by atoms with Crippen LogP contribution in [-0.4, -0.2) is 55.3 Å². The van der Waals surface area contributed by atoms with E-state index in [1.54, 1.807) is 22.0 Å². The first kappa shape index (κ1) is 25.8. The molecule has 0 saturated heterocycles. The molecule has 1 aliphatic heterocycles. The second kappa shape index (κ2) is 11.4. The third-order valence-electron chi connectivity index (χ3n) is 4.80. The molecule has 0 radical (unpaired) electrons. The molecule has 2 aromatic heterocycles. The summed E-state index contributed by atoms with van der Waals surface area (Å²) in [6.07, 6.45) is -0.349. The summed E-state index contributed by atoms with van der Waals surface area (Å²) >= 11 is 0. The van der Waals surface area contributed by atoms with Crippen molar-refractivity contribution in [1.29, 1.82) is 0 Å². The smallest absolute Gasteiger partial charge is 0.475 e. The molecule has 0 aromatic carbocycles. The standard InChI is InChI=1S/C19H25N5O2.C2HF3O2/c1-14(2)6-7-18(25)23-12-16-8-10-22-24(16)17(13-23)19(26)21-11-15-5-3-4-9-20-15;3-2(4,5)1(6)7/h3-5,8-10,14,17H,6-7,11-13H2,1-2H3,(H,21,26);(H,6,7). The lowest BCUT2D eigenvalue weighted by Crippen LogP contribution is -2.47. The zero-order valence-electron chi connectivity index (χ0n) is 18.2. The van der Waals surface area contributed by atoms with E-state index < -0.39 is 18.2 Å². The van der Waals surface area contributed by atoms with Crippen molar-refractivity contribution in [2.24, 2.45) is 5.92 Å². The first-order valence-corrected chi connectivity index (χ1v) is 10.3. The highest BCUT2D eigenvalue weighted by molar-refractivity contribution is 5.82. The lowest BCUT2D eigenvalue weighted by molar-refractivity contribution is -0.192. The number of aliphatic carboxylic acids is 1. The van der Waals surface area contributed by atoms with Crippen LogP contribution < -0.4 is 5.32 Å². The van der Waals surface area contributed by atoms with Crippen LogP contribution >= 0.6 is 0 Å². The van der Waals surface area contributed by atoms with Crippen molar-refractivity contribution in [3.63, 3.8) is 0 Å². The number of carboxylic acids is 1. The Morgan fingerprint density at radius 1 is 1.21 bits per heavy atom. The van der Waals surface area contributed by atoms with Crippen molar-refractivity contribution in [3.05, 3.63) is 48.0 Å². The number of aromatic nitrogens is 3. The van der Waals surface area contributed by atoms with E-state index in [-0.39, 0.29) is 11.8 Å². The minimum Gasteiger partial charge on any atom is -0.475 e. The van der Waals surface area contributed by atoms with Gasteiger partial charge in [0.1, 0.15) is 6.04 Å². The Kier molecular flexibility index (Phi) is 8.94. The minimum absolute atomic E-state index is 0.0914. The molecule has 0 saturated carbocycles. The second-order valence-electron chi connectivity index (χ2n) is 7.83. The molecule has 1 aliphatic rings. The number of carboxylic acid groups (broad SMARTS) is 1. The Bertz CT molecular complexity index is 947. The van der Waals surface area contributed by atoms with E-state index in [9.17, 15) is 22.8 Å². The van der Waals surface area contributed by atoms with Gasteiger partial charge in [0, 0.05) is 18.8 Å². The Hall–Kier alpha value is -3.44. The zero-order chi connectivity index (χ0) is 24.6. The summed E-state index contributed by atoms with van der Waals surface area (Å²) in [6, 6.07) is 6.93. The molecule has 0 fully saturated rings. The zero-order valence-corrected chi connectivity index (χ0v) is 18.2. The molecule has 0 aliphatic carbocycles. The molecule has 180 valence electrons. The maximum Gasteiger partial charge on any atom is 0.490 e. The van der Waals surface area contributed by atoms with E-state index in [1.165, 1.54) is 0 Å². The number of rotatable bonds is 6. The highest BCUT2D eigenvalue weighted by Crippen LogP contribution is 2.22. The Balaban J connectivity index is 0.000000479. The number of hydrogen-bond donors (Lipinski definition) is 2. The predicted molar refractivity (Wildman–Crippen MR) is 111 cm³/mol. The molecule has 3 heterocycles. The van der Waals surface area contributed by atoms with Gasteiger partial charge in [-0.1, -0.05) is 19.9 Å². The van der Waals surface area contributed by atoms with Gasteiger partial charge in [-0.05, 0) is 30.5 Å². The fraction of sp³-hybridized carbons (Fsp3) is 0.476. The lowest BCUT2D eigenvalue weighted by atomic mass is 10.1. The predicted octanol–water partition coefficient (Wildman–Crippen LogP) is 2.55. The van der Waals surface area contributed by atoms with Crippen molar-refractivity contribution >= 4 is 17.8 Å². The van der Waals surface area contributed by atoms with Gasteiger partial charge in [-0.2, -0.15) is 18.3 Å². The minimum atomic E-state index is -5.08. The number of pyridine rings is 1. The number of halogens is 3. The fourth-order valence-electron chi connectivity index (χ4n) is 3.05. The van der Waals surface area contributed by atoms with E-state index in [0.717, 1.165) is 17.8 Å². The van der Waals surface area contributed by atoms with Crippen LogP contribution in [0.4, 0.5) is 13.2 Å². The van der Waals surface area contributed by atoms with E-state index in [1.807, 2.05) is 24.3 Å². The summed E-state index contributed by atoms with van der Waals surface area (Å²) in [6.45, 7) is 5.41. The fourth-order valence-corrected chi connectivity index (χ4v) is 3.05. The van der Waals surface area contributed by atoms with Crippen molar-refractivity contribution in [1.82, 2.24) is 25.0 Å². The second-order valence-corrected chi connectivity index (χ2v) is 7.83. The third kappa shape index (κ3) is 7.88. The van der Waals surface area contributed by atoms with E-state index in [2.05, 4.69) is 29.2 Å². The number of alkyl halides is 3. The van der Waals surface area contributed by atoms with Crippen LogP contribution in [-0.2, 0) is 27.5 Å². The topological polar surface area (TPSA) is 117 Å². The van der Waals surface area contributed by atoms with Gasteiger partial charge < -0.3 is 15.3 Å². The molecule has 1 atom stereocenters. The summed E-state index contributed by atoms with van der Waals surface area (Å²) < 4.78 is 33.5. The molecule has 9 nitrogen and oxygen atoms in total. The number of carbonyl (C=O) groups excluding carboxylic acids is 2. The number of carbonyl (C=O) groups is 3. The van der Waals surface area contributed by atoms with Gasteiger partial charge >= 0.3 is 12.1 Å². The number of fused-ring (bicyclic) bond motifs is 1. The first-order chi connectivity index (χ1) is 15.5. The normalized spacial score (nSPS) is 15.3. The molecule has 1 unspecified atom stereocenters. The molecule has 2 amide bonds. The van der Waals surface area contributed by atoms with Crippen molar-refractivity contribution in [3.8, 4) is 0 Å². The summed E-state index contributed by atoms with van der Waals surface area (Å²) in [5, 5.41) is 14.3. The number of nitrogens with one attached hydrogen (secondary N) is 1. The molecule has 0 spiro atoms. The van der Waals surface area contributed by atoms with Crippen molar-refractivity contribution in [2.45, 2.75) is 52.0 Å². The average Bonchev–Trinajstić information content (AvgIpc) is 3.24. The van der Waals surface area contributed by atoms with Crippen molar-refractivity contribution in [2.75, 3.05) is 6.54 Å². The van der Waals surface area contributed by atoms with E-state index in [0.29, 0.717) is 32.0 Å². The summed E-state index contributed by atoms with van der Waals surface area (Å²) in [5.74, 6) is -2.34. The van der Waals surface area contributed by atoms with Crippen LogP contribution in [0.1, 0.15) is 44.1 Å². The van der Waals surface area contributed by atoms with E-state index in [4.69, 9.17) is 9.90 Å². The van der Waals surface area contributed by atoms with Gasteiger partial charge in [-0.15, -0.1) is 0 Å². The SMILES string of the molecule is CC(C)CCC(=O)N1Cc2ccnn2C(C(=O)NCc2ccccn2)C1.O=C(O)C(F)(F)F. The molecule has 33 heavy (non-hydrogen) atoms. The van der Waals surface area contributed by atoms with Gasteiger partial charge in [0.15, 0.2) is 0 Å². The molecule has 0 bridgehead atoms. The van der Waals surface area contributed by atoms with E-state index >= 15 is 0 Å². The molecule has 2 N–H and O–H groups in total. The van der Waals surface area contributed by atoms with Gasteiger partial charge in [-0.25, -0.2) is 4.79 Å². The van der Waals surface area contributed by atoms with Crippen LogP contribution in [0.25, 0.3) is 0 Å². The Morgan fingerprint density at radius 2 is 1.91 bits per heavy atom. The van der Waals surface area contributed by atoms with Gasteiger partial charge in [0.05, 0.1) is 31.0 Å². The van der Waals surface area contributed by atoms with Crippen LogP contribution in [0, 0.1) is 5.92 Å². The lowest BCUT2D eigenvalue weighted by Gasteiger charge is -2.33. The largest absolute Gasteiger partial charge is 0.490 e. The van der Waals surface area contributed by atoms with Crippen LogP contribution in [0.15, 0.2) is 36.7 Å². The molecular formula is C21H26F3N5O4. The van der Waals surface area contributed by atoms with Crippen LogP contribution in [0.2, 0.25) is 0 Å². The molecule has 2 aromatic rings. The average molecular weight is 469 g/mol. The van der Waals surface area contributed by atoms with Gasteiger partial charge in [0.2, 0.25) is 11.8 Å². The van der Waals surface area contributed by atoms with Crippen LogP contribution in [0.3, 0.4) is 0 Å². The Morgan fingerprint density at radius 3 is 2.48 bits per heavy atom. The number of hydrogen-bond acceptors (Lipinski definition) is 5. The monoisotopic (exact) mass is 469 g/mol. The highest BCUT2D eigenvalue weighted by Gasteiger charge is 2.38. The number of nitrogens with zero attached hydrogens (tertiary/aromatic N) is 4. The molecular weight excluding hydrogens is 443 g/mol. The number of amides is 2. The quantitative estimate of drug-likeness (QED) is 0.672. The van der Waals surface area contributed by atoms with Gasteiger partial charge in [-0.3, -0.25) is 19.3 Å². The van der Waals surface area contributed by atoms with Gasteiger partial charge in [0.25, 0.3) is 0 Å². The summed E-state index contributed by atoms with van der Waals surface area (Å²) in [7, 11) is 0. The highest BCUT2D eigenvalue weighted by atomic mass is 19.4. The van der Waals surface area contributed by atoms with Crippen molar-refractivity contribution < 1.29 is 32.7 Å². The van der Waals surface area contributed by atoms with Crippen LogP contribution in [0.5, 0.6) is 0 Å². The molecule has 12 heteroatoms. The molecule has 3 rings (SSSR count). The maximum atomic E-state index is 12.7. The maximum absolute atomic E-state index is 12.7. The first-order valence-electron chi connectivity index (χ1n) is 10.3. The third-order valence-corrected chi connectivity index (χ3v) is 4.80. The Labute approximate surface area is 188 Å².